The summed E-state index contributed by atoms with van der Waals surface area (Å²) in [5.41, 5.74) is 0.748. The second-order valence-corrected chi connectivity index (χ2v) is 14.5. The van der Waals surface area contributed by atoms with E-state index < -0.39 is 54.3 Å². The minimum absolute atomic E-state index is 0.00237. The SMILES string of the molecule is CC(O)(NC(=O)c1ccc2c(c1)nc(CN1CC=C(c3cccc(OCc4ccc(Cl)cc4F)n3)CC1)n2C[C@@H]1CCO1)C(=O)N1CC(F)(F)C[C@H]1C(=O)O. The number of nitrogens with zero attached hydrogens (tertiary/aromatic N) is 5. The van der Waals surface area contributed by atoms with E-state index in [2.05, 4.69) is 21.3 Å². The zero-order chi connectivity index (χ0) is 39.1. The summed E-state index contributed by atoms with van der Waals surface area (Å²) in [5.74, 6) is -6.69. The maximum absolute atomic E-state index is 14.2. The van der Waals surface area contributed by atoms with E-state index in [4.69, 9.17) is 26.1 Å². The largest absolute Gasteiger partial charge is 0.480 e. The number of carboxylic acid groups (broad SMARTS) is 1. The number of likely N-dealkylation sites (tertiary alicyclic amines) is 1. The fourth-order valence-corrected chi connectivity index (χ4v) is 7.07. The van der Waals surface area contributed by atoms with Crippen molar-refractivity contribution in [3.63, 3.8) is 0 Å². The fourth-order valence-electron chi connectivity index (χ4n) is 6.91. The monoisotopic (exact) mass is 782 g/mol. The van der Waals surface area contributed by atoms with Crippen LogP contribution in [0, 0.1) is 5.82 Å². The number of aliphatic carboxylic acids is 1. The molecule has 3 aliphatic heterocycles. The van der Waals surface area contributed by atoms with Crippen LogP contribution in [-0.2, 0) is 34.0 Å². The normalized spacial score (nSPS) is 20.8. The van der Waals surface area contributed by atoms with Crippen molar-refractivity contribution in [1.82, 2.24) is 29.7 Å². The van der Waals surface area contributed by atoms with Crippen LogP contribution in [0.3, 0.4) is 0 Å². The highest BCUT2D eigenvalue weighted by molar-refractivity contribution is 6.30. The van der Waals surface area contributed by atoms with Gasteiger partial charge in [0.2, 0.25) is 11.6 Å². The number of hydrogen-bond acceptors (Lipinski definition) is 9. The van der Waals surface area contributed by atoms with Crippen LogP contribution in [0.2, 0.25) is 5.02 Å². The first-order chi connectivity index (χ1) is 26.2. The van der Waals surface area contributed by atoms with Crippen LogP contribution >= 0.6 is 11.6 Å². The van der Waals surface area contributed by atoms with Crippen LogP contribution in [0.4, 0.5) is 13.2 Å². The highest BCUT2D eigenvalue weighted by atomic mass is 35.5. The summed E-state index contributed by atoms with van der Waals surface area (Å²) in [6.45, 7) is 2.69. The van der Waals surface area contributed by atoms with Crippen molar-refractivity contribution >= 4 is 46.0 Å². The van der Waals surface area contributed by atoms with Gasteiger partial charge >= 0.3 is 5.97 Å². The van der Waals surface area contributed by atoms with Gasteiger partial charge in [0.15, 0.2) is 0 Å². The lowest BCUT2D eigenvalue weighted by Crippen LogP contribution is -2.59. The number of carboxylic acids is 1. The zero-order valence-corrected chi connectivity index (χ0v) is 30.4. The molecule has 0 saturated carbocycles. The van der Waals surface area contributed by atoms with Crippen LogP contribution in [0.1, 0.15) is 53.6 Å². The van der Waals surface area contributed by atoms with Gasteiger partial charge in [-0.15, -0.1) is 0 Å². The molecule has 0 bridgehead atoms. The van der Waals surface area contributed by atoms with Gasteiger partial charge < -0.3 is 34.5 Å². The number of hydrogen-bond donors (Lipinski definition) is 3. The number of ether oxygens (including phenoxy) is 2. The maximum Gasteiger partial charge on any atom is 0.326 e. The van der Waals surface area contributed by atoms with Gasteiger partial charge in [0, 0.05) is 48.3 Å². The third-order valence-electron chi connectivity index (χ3n) is 9.96. The molecular formula is C38H38ClF3N6O7. The molecule has 17 heteroatoms. The van der Waals surface area contributed by atoms with Gasteiger partial charge in [-0.1, -0.05) is 29.8 Å². The van der Waals surface area contributed by atoms with Crippen molar-refractivity contribution in [3.8, 4) is 5.88 Å². The molecule has 1 unspecified atom stereocenters. The average molecular weight is 783 g/mol. The Bertz CT molecular complexity index is 2180. The van der Waals surface area contributed by atoms with E-state index >= 15 is 0 Å². The molecule has 2 aromatic heterocycles. The quantitative estimate of drug-likeness (QED) is 0.173. The molecule has 2 saturated heterocycles. The van der Waals surface area contributed by atoms with Crippen LogP contribution < -0.4 is 10.1 Å². The summed E-state index contributed by atoms with van der Waals surface area (Å²) in [7, 11) is 0. The van der Waals surface area contributed by atoms with Crippen LogP contribution in [0.25, 0.3) is 16.6 Å². The number of benzene rings is 2. The number of alkyl halides is 2. The Labute approximate surface area is 318 Å². The van der Waals surface area contributed by atoms with Crippen LogP contribution in [-0.4, -0.2) is 102 Å². The molecule has 7 rings (SSSR count). The third kappa shape index (κ3) is 8.47. The number of amides is 2. The van der Waals surface area contributed by atoms with E-state index in [1.807, 2.05) is 16.7 Å². The number of fused-ring (bicyclic) bond motifs is 1. The van der Waals surface area contributed by atoms with Crippen molar-refractivity contribution in [2.45, 2.75) is 69.7 Å². The highest BCUT2D eigenvalue weighted by Gasteiger charge is 2.53. The standard InChI is InChI=1S/C38H38ClF3N6O7/c1-37(53,36(52)48-21-38(41,42)17-31(48)35(50)51)45-34(49)23-6-8-30-29(15-23)43-32(47(30)18-26-11-14-54-26)19-46-12-9-22(10-13-46)28-3-2-4-33(44-28)55-20-24-5-7-25(39)16-27(24)40/h2-9,15-16,26,31,53H,10-14,17-21H2,1H3,(H,45,49)(H,50,51)/t26-,31-,37?/m0/s1. The second-order valence-electron chi connectivity index (χ2n) is 14.1. The van der Waals surface area contributed by atoms with Crippen molar-refractivity contribution in [2.24, 2.45) is 0 Å². The average Bonchev–Trinajstić information content (AvgIpc) is 3.64. The number of halogens is 4. The number of nitrogens with one attached hydrogen (secondary N) is 1. The Morgan fingerprint density at radius 2 is 1.95 bits per heavy atom. The third-order valence-corrected chi connectivity index (χ3v) is 10.2. The molecule has 2 aromatic carbocycles. The predicted octanol–water partition coefficient (Wildman–Crippen LogP) is 4.64. The Balaban J connectivity index is 1.04. The molecule has 3 N–H and O–H groups in total. The number of imidazole rings is 1. The van der Waals surface area contributed by atoms with Gasteiger partial charge in [0.25, 0.3) is 17.7 Å². The summed E-state index contributed by atoms with van der Waals surface area (Å²) in [4.78, 5) is 50.0. The smallest absolute Gasteiger partial charge is 0.326 e. The number of carbonyl (C=O) groups is 3. The molecule has 5 heterocycles. The molecule has 4 aromatic rings. The Kier molecular flexibility index (Phi) is 10.6. The van der Waals surface area contributed by atoms with E-state index in [0.717, 1.165) is 36.0 Å². The van der Waals surface area contributed by atoms with E-state index in [-0.39, 0.29) is 18.3 Å². The molecule has 0 spiro atoms. The molecule has 0 aliphatic carbocycles. The molecular weight excluding hydrogens is 745 g/mol. The first-order valence-electron chi connectivity index (χ1n) is 17.7. The van der Waals surface area contributed by atoms with E-state index in [0.29, 0.717) is 66.1 Å². The van der Waals surface area contributed by atoms with Gasteiger partial charge in [-0.25, -0.2) is 27.9 Å². The molecule has 290 valence electrons. The topological polar surface area (TPSA) is 159 Å². The molecule has 2 fully saturated rings. The molecule has 3 atom stereocenters. The highest BCUT2D eigenvalue weighted by Crippen LogP contribution is 2.34. The van der Waals surface area contributed by atoms with Crippen LogP contribution in [0.5, 0.6) is 5.88 Å². The van der Waals surface area contributed by atoms with Gasteiger partial charge in [-0.3, -0.25) is 14.5 Å². The van der Waals surface area contributed by atoms with Crippen molar-refractivity contribution in [2.75, 3.05) is 26.2 Å². The number of carbonyl (C=O) groups excluding carboxylic acids is 2. The first kappa shape index (κ1) is 38.3. The zero-order valence-electron chi connectivity index (χ0n) is 29.7. The summed E-state index contributed by atoms with van der Waals surface area (Å²) in [5, 5.41) is 22.7. The summed E-state index contributed by atoms with van der Waals surface area (Å²) < 4.78 is 55.8. The van der Waals surface area contributed by atoms with Crippen LogP contribution in [0.15, 0.2) is 60.7 Å². The maximum atomic E-state index is 14.2. The van der Waals surface area contributed by atoms with Gasteiger partial charge in [-0.05, 0) is 61.7 Å². The van der Waals surface area contributed by atoms with Crippen molar-refractivity contribution < 1.29 is 47.2 Å². The Morgan fingerprint density at radius 1 is 1.15 bits per heavy atom. The summed E-state index contributed by atoms with van der Waals surface area (Å²) in [6, 6.07) is 12.7. The number of pyridine rings is 1. The molecule has 3 aliphatic rings. The lowest BCUT2D eigenvalue weighted by atomic mass is 10.0. The van der Waals surface area contributed by atoms with Crippen molar-refractivity contribution in [1.29, 1.82) is 0 Å². The van der Waals surface area contributed by atoms with Gasteiger partial charge in [-0.2, -0.15) is 0 Å². The lowest BCUT2D eigenvalue weighted by Gasteiger charge is -2.30. The lowest BCUT2D eigenvalue weighted by molar-refractivity contribution is -0.159. The Hall–Kier alpha value is -5.03. The van der Waals surface area contributed by atoms with E-state index in [1.54, 1.807) is 24.3 Å². The second kappa shape index (κ2) is 15.2. The fraction of sp³-hybridized carbons (Fsp3) is 0.395. The Morgan fingerprint density at radius 3 is 2.64 bits per heavy atom. The molecule has 55 heavy (non-hydrogen) atoms. The summed E-state index contributed by atoms with van der Waals surface area (Å²) >= 11 is 5.85. The molecule has 13 nitrogen and oxygen atoms in total. The number of aliphatic hydroxyl groups is 1. The molecule has 0 radical (unpaired) electrons. The minimum Gasteiger partial charge on any atom is -0.480 e. The van der Waals surface area contributed by atoms with Gasteiger partial charge in [0.05, 0.1) is 42.5 Å². The molecule has 2 amide bonds. The number of rotatable bonds is 12. The van der Waals surface area contributed by atoms with E-state index in [1.165, 1.54) is 18.2 Å². The van der Waals surface area contributed by atoms with Gasteiger partial charge in [0.1, 0.15) is 24.3 Å². The predicted molar refractivity (Wildman–Crippen MR) is 193 cm³/mol. The first-order valence-corrected chi connectivity index (χ1v) is 18.1. The minimum atomic E-state index is -3.46. The van der Waals surface area contributed by atoms with E-state index in [9.17, 15) is 37.8 Å². The number of aromatic nitrogens is 3. The summed E-state index contributed by atoms with van der Waals surface area (Å²) in [6.07, 6.45) is 2.57. The van der Waals surface area contributed by atoms with Crippen molar-refractivity contribution in [3.05, 3.63) is 94.2 Å².